The maximum absolute atomic E-state index is 12.0. The third-order valence-corrected chi connectivity index (χ3v) is 5.30. The van der Waals surface area contributed by atoms with Gasteiger partial charge in [0.15, 0.2) is 0 Å². The van der Waals surface area contributed by atoms with Crippen LogP contribution in [0.1, 0.15) is 17.0 Å². The average molecular weight is 298 g/mol. The highest BCUT2D eigenvalue weighted by Gasteiger charge is 2.16. The number of nitrogens with one attached hydrogen (secondary N) is 1. The molecule has 0 radical (unpaired) electrons. The smallest absolute Gasteiger partial charge is 0.250 e. The summed E-state index contributed by atoms with van der Waals surface area (Å²) in [5, 5.41) is 1.74. The maximum Gasteiger partial charge on any atom is 0.250 e. The summed E-state index contributed by atoms with van der Waals surface area (Å²) in [5.74, 6) is 0. The molecule has 0 saturated carbocycles. The Balaban J connectivity index is 2.07. The monoisotopic (exact) mass is 298 g/mol. The van der Waals surface area contributed by atoms with E-state index in [1.54, 1.807) is 23.8 Å². The second kappa shape index (κ2) is 5.74. The molecule has 0 unspecified atom stereocenters. The van der Waals surface area contributed by atoms with Gasteiger partial charge in [-0.2, -0.15) is 0 Å². The van der Waals surface area contributed by atoms with Crippen molar-refractivity contribution < 1.29 is 8.42 Å². The standard InChI is InChI=1S/C11H14N4O2S2/c1-8-4-14-10(5-13-8)6-15-19(16,17)11-2-9(3-12)7-18-11/h2,4-5,7,15H,3,6,12H2,1H3. The Morgan fingerprint density at radius 2 is 2.16 bits per heavy atom. The number of sulfonamides is 1. The topological polar surface area (TPSA) is 98.0 Å². The Morgan fingerprint density at radius 3 is 2.74 bits per heavy atom. The Kier molecular flexibility index (Phi) is 4.25. The highest BCUT2D eigenvalue weighted by molar-refractivity contribution is 7.91. The zero-order valence-electron chi connectivity index (χ0n) is 10.3. The number of rotatable bonds is 5. The van der Waals surface area contributed by atoms with Crippen LogP contribution in [0.5, 0.6) is 0 Å². The molecule has 6 nitrogen and oxygen atoms in total. The molecule has 2 aromatic heterocycles. The number of hydrogen-bond donors (Lipinski definition) is 2. The van der Waals surface area contributed by atoms with E-state index in [0.29, 0.717) is 12.2 Å². The highest BCUT2D eigenvalue weighted by Crippen LogP contribution is 2.19. The summed E-state index contributed by atoms with van der Waals surface area (Å²) in [6, 6.07) is 1.58. The molecule has 0 aliphatic carbocycles. The van der Waals surface area contributed by atoms with Gasteiger partial charge in [-0.25, -0.2) is 13.1 Å². The van der Waals surface area contributed by atoms with E-state index in [4.69, 9.17) is 5.73 Å². The molecule has 0 aliphatic rings. The van der Waals surface area contributed by atoms with E-state index in [-0.39, 0.29) is 10.8 Å². The molecule has 0 bridgehead atoms. The van der Waals surface area contributed by atoms with Gasteiger partial charge in [0.1, 0.15) is 4.21 Å². The van der Waals surface area contributed by atoms with Crippen LogP contribution in [0.25, 0.3) is 0 Å². The Morgan fingerprint density at radius 1 is 1.37 bits per heavy atom. The van der Waals surface area contributed by atoms with Crippen molar-refractivity contribution in [3.05, 3.63) is 40.8 Å². The van der Waals surface area contributed by atoms with Gasteiger partial charge in [0, 0.05) is 12.7 Å². The molecule has 2 rings (SSSR count). The van der Waals surface area contributed by atoms with Gasteiger partial charge >= 0.3 is 0 Å². The summed E-state index contributed by atoms with van der Waals surface area (Å²) in [6.07, 6.45) is 3.15. The van der Waals surface area contributed by atoms with Gasteiger partial charge in [0.05, 0.1) is 24.1 Å². The fraction of sp³-hybridized carbons (Fsp3) is 0.273. The van der Waals surface area contributed by atoms with Gasteiger partial charge in [-0.05, 0) is 23.9 Å². The molecule has 0 aromatic carbocycles. The Labute approximate surface area is 115 Å². The lowest BCUT2D eigenvalue weighted by Gasteiger charge is -2.04. The lowest BCUT2D eigenvalue weighted by molar-refractivity contribution is 0.582. The third-order valence-electron chi connectivity index (χ3n) is 2.41. The van der Waals surface area contributed by atoms with Crippen molar-refractivity contribution in [2.45, 2.75) is 24.2 Å². The first-order valence-electron chi connectivity index (χ1n) is 5.56. The molecule has 0 spiro atoms. The van der Waals surface area contributed by atoms with Gasteiger partial charge in [-0.15, -0.1) is 11.3 Å². The number of nitrogens with two attached hydrogens (primary N) is 1. The second-order valence-corrected chi connectivity index (χ2v) is 6.86. The van der Waals surface area contributed by atoms with Crippen LogP contribution >= 0.6 is 11.3 Å². The fourth-order valence-electron chi connectivity index (χ4n) is 1.35. The molecule has 0 amide bonds. The lowest BCUT2D eigenvalue weighted by Crippen LogP contribution is -2.23. The minimum Gasteiger partial charge on any atom is -0.326 e. The molecule has 102 valence electrons. The summed E-state index contributed by atoms with van der Waals surface area (Å²) in [5.41, 5.74) is 7.63. The van der Waals surface area contributed by atoms with Crippen LogP contribution in [0.3, 0.4) is 0 Å². The van der Waals surface area contributed by atoms with E-state index in [2.05, 4.69) is 14.7 Å². The van der Waals surface area contributed by atoms with Crippen molar-refractivity contribution in [3.63, 3.8) is 0 Å². The molecular weight excluding hydrogens is 284 g/mol. The predicted octanol–water partition coefficient (Wildman–Crippen LogP) is 0.784. The molecule has 8 heteroatoms. The van der Waals surface area contributed by atoms with Gasteiger partial charge in [-0.1, -0.05) is 0 Å². The van der Waals surface area contributed by atoms with E-state index >= 15 is 0 Å². The molecule has 0 aliphatic heterocycles. The van der Waals surface area contributed by atoms with Crippen LogP contribution in [-0.4, -0.2) is 18.4 Å². The lowest BCUT2D eigenvalue weighted by atomic mass is 10.4. The molecule has 0 saturated heterocycles. The molecule has 19 heavy (non-hydrogen) atoms. The molecule has 2 aromatic rings. The largest absolute Gasteiger partial charge is 0.326 e. The summed E-state index contributed by atoms with van der Waals surface area (Å²) < 4.78 is 26.8. The minimum atomic E-state index is -3.51. The first kappa shape index (κ1) is 14.1. The first-order chi connectivity index (χ1) is 9.01. The van der Waals surface area contributed by atoms with E-state index in [0.717, 1.165) is 22.6 Å². The van der Waals surface area contributed by atoms with Crippen molar-refractivity contribution in [2.75, 3.05) is 0 Å². The van der Waals surface area contributed by atoms with Crippen LogP contribution in [0.2, 0.25) is 0 Å². The van der Waals surface area contributed by atoms with Crippen molar-refractivity contribution in [1.82, 2.24) is 14.7 Å². The quantitative estimate of drug-likeness (QED) is 0.850. The van der Waals surface area contributed by atoms with Crippen LogP contribution < -0.4 is 10.5 Å². The first-order valence-corrected chi connectivity index (χ1v) is 7.92. The van der Waals surface area contributed by atoms with Gasteiger partial charge in [0.2, 0.25) is 10.0 Å². The fourth-order valence-corrected chi connectivity index (χ4v) is 3.62. The van der Waals surface area contributed by atoms with Gasteiger partial charge < -0.3 is 5.73 Å². The summed E-state index contributed by atoms with van der Waals surface area (Å²) in [4.78, 5) is 8.15. The number of nitrogens with zero attached hydrogens (tertiary/aromatic N) is 2. The highest BCUT2D eigenvalue weighted by atomic mass is 32.2. The summed E-state index contributed by atoms with van der Waals surface area (Å²) >= 11 is 1.15. The third kappa shape index (κ3) is 3.57. The minimum absolute atomic E-state index is 0.117. The van der Waals surface area contributed by atoms with Crippen molar-refractivity contribution in [3.8, 4) is 0 Å². The molecule has 2 heterocycles. The number of aromatic nitrogens is 2. The van der Waals surface area contributed by atoms with Crippen molar-refractivity contribution >= 4 is 21.4 Å². The number of aryl methyl sites for hydroxylation is 1. The number of hydrogen-bond acceptors (Lipinski definition) is 6. The second-order valence-electron chi connectivity index (χ2n) is 3.95. The predicted molar refractivity (Wildman–Crippen MR) is 73.0 cm³/mol. The van der Waals surface area contributed by atoms with E-state index < -0.39 is 10.0 Å². The molecular formula is C11H14N4O2S2. The normalized spacial score (nSPS) is 11.7. The van der Waals surface area contributed by atoms with E-state index in [1.807, 2.05) is 6.92 Å². The van der Waals surface area contributed by atoms with Crippen molar-refractivity contribution in [1.29, 1.82) is 0 Å². The van der Waals surface area contributed by atoms with Crippen LogP contribution in [0.4, 0.5) is 0 Å². The number of thiophene rings is 1. The molecule has 3 N–H and O–H groups in total. The maximum atomic E-state index is 12.0. The summed E-state index contributed by atoms with van der Waals surface area (Å²) in [6.45, 7) is 2.27. The van der Waals surface area contributed by atoms with Gasteiger partial charge in [-0.3, -0.25) is 9.97 Å². The average Bonchev–Trinajstić information content (AvgIpc) is 2.88. The van der Waals surface area contributed by atoms with Crippen LogP contribution in [0.15, 0.2) is 28.0 Å². The van der Waals surface area contributed by atoms with E-state index in [1.165, 1.54) is 0 Å². The van der Waals surface area contributed by atoms with Gasteiger partial charge in [0.25, 0.3) is 0 Å². The van der Waals surface area contributed by atoms with Crippen LogP contribution in [-0.2, 0) is 23.1 Å². The molecule has 0 atom stereocenters. The Bertz CT molecular complexity index is 650. The molecule has 0 fully saturated rings. The van der Waals surface area contributed by atoms with Crippen LogP contribution in [0, 0.1) is 6.92 Å². The zero-order valence-corrected chi connectivity index (χ0v) is 12.0. The summed E-state index contributed by atoms with van der Waals surface area (Å²) in [7, 11) is -3.51. The SMILES string of the molecule is Cc1cnc(CNS(=O)(=O)c2cc(CN)cs2)cn1. The van der Waals surface area contributed by atoms with E-state index in [9.17, 15) is 8.42 Å². The van der Waals surface area contributed by atoms with Crippen molar-refractivity contribution in [2.24, 2.45) is 5.73 Å². The Hall–Kier alpha value is -1.35. The zero-order chi connectivity index (χ0) is 13.9.